The minimum Gasteiger partial charge on any atom is -0.319 e. The first kappa shape index (κ1) is 8.98. The first-order chi connectivity index (χ1) is 4.00. The summed E-state index contributed by atoms with van der Waals surface area (Å²) in [6.45, 7) is 3.23. The first-order valence-corrected chi connectivity index (χ1v) is 3.55. The van der Waals surface area contributed by atoms with Crippen molar-refractivity contribution in [3.63, 3.8) is 0 Å². The highest BCUT2D eigenvalue weighted by molar-refractivity contribution is 7.80. The van der Waals surface area contributed by atoms with E-state index in [0.717, 1.165) is 0 Å². The maximum absolute atomic E-state index is 10.7. The van der Waals surface area contributed by atoms with Gasteiger partial charge in [0.15, 0.2) is 0 Å². The van der Waals surface area contributed by atoms with Crippen LogP contribution in [0.1, 0.15) is 20.3 Å². The topological polar surface area (TPSA) is 43.1 Å². The van der Waals surface area contributed by atoms with Gasteiger partial charge in [0, 0.05) is 0 Å². The number of nitrogens with two attached hydrogens (primary N) is 1. The lowest BCUT2D eigenvalue weighted by atomic mass is 9.96. The van der Waals surface area contributed by atoms with Crippen LogP contribution < -0.4 is 5.73 Å². The number of hydrogen-bond donors (Lipinski definition) is 2. The van der Waals surface area contributed by atoms with Gasteiger partial charge < -0.3 is 5.73 Å². The zero-order valence-corrected chi connectivity index (χ0v) is 6.74. The van der Waals surface area contributed by atoms with E-state index in [0.29, 0.717) is 12.2 Å². The van der Waals surface area contributed by atoms with E-state index in [-0.39, 0.29) is 5.78 Å². The van der Waals surface area contributed by atoms with Crippen LogP contribution in [-0.4, -0.2) is 17.1 Å². The Morgan fingerprint density at radius 2 is 2.22 bits per heavy atom. The molecule has 0 aliphatic rings. The molecular formula is C6H13NOS. The molecule has 0 aromatic rings. The molecule has 0 unspecified atom stereocenters. The van der Waals surface area contributed by atoms with E-state index < -0.39 is 5.54 Å². The van der Waals surface area contributed by atoms with Crippen molar-refractivity contribution in [2.24, 2.45) is 5.73 Å². The van der Waals surface area contributed by atoms with Crippen LogP contribution in [0.2, 0.25) is 0 Å². The lowest BCUT2D eigenvalue weighted by Crippen LogP contribution is -2.43. The summed E-state index contributed by atoms with van der Waals surface area (Å²) in [7, 11) is 0. The van der Waals surface area contributed by atoms with E-state index >= 15 is 0 Å². The summed E-state index contributed by atoms with van der Waals surface area (Å²) in [5.74, 6) is 0.684. The molecule has 2 nitrogen and oxygen atoms in total. The van der Waals surface area contributed by atoms with E-state index in [2.05, 4.69) is 12.6 Å². The molecule has 0 saturated heterocycles. The molecule has 0 aliphatic carbocycles. The van der Waals surface area contributed by atoms with Gasteiger partial charge in [-0.3, -0.25) is 4.79 Å². The standard InChI is InChI=1S/C6H13NOS/c1-5(8)6(2,7)3-4-9/h9H,3-4,7H2,1-2H3/t6-/m1/s1. The summed E-state index contributed by atoms with van der Waals surface area (Å²) in [5.41, 5.74) is 4.91. The lowest BCUT2D eigenvalue weighted by molar-refractivity contribution is -0.121. The van der Waals surface area contributed by atoms with Crippen molar-refractivity contribution in [3.05, 3.63) is 0 Å². The molecule has 2 N–H and O–H groups in total. The minimum atomic E-state index is -0.665. The minimum absolute atomic E-state index is 0.0246. The molecule has 0 aromatic heterocycles. The average Bonchev–Trinajstić information content (AvgIpc) is 1.65. The van der Waals surface area contributed by atoms with Crippen LogP contribution in [0, 0.1) is 0 Å². The first-order valence-electron chi connectivity index (χ1n) is 2.91. The Kier molecular flexibility index (Phi) is 3.22. The van der Waals surface area contributed by atoms with E-state index in [9.17, 15) is 4.79 Å². The SMILES string of the molecule is CC(=O)[C@](C)(N)CCS. The second-order valence-electron chi connectivity index (χ2n) is 2.45. The third kappa shape index (κ3) is 2.87. The van der Waals surface area contributed by atoms with Crippen LogP contribution in [-0.2, 0) is 4.79 Å². The molecule has 0 rings (SSSR count). The van der Waals surface area contributed by atoms with Gasteiger partial charge in [-0.2, -0.15) is 12.6 Å². The Balaban J connectivity index is 3.85. The van der Waals surface area contributed by atoms with E-state index in [1.807, 2.05) is 0 Å². The number of carbonyl (C=O) groups is 1. The van der Waals surface area contributed by atoms with Crippen LogP contribution in [0.3, 0.4) is 0 Å². The van der Waals surface area contributed by atoms with Crippen molar-refractivity contribution in [1.29, 1.82) is 0 Å². The Morgan fingerprint density at radius 1 is 1.78 bits per heavy atom. The zero-order chi connectivity index (χ0) is 7.49. The highest BCUT2D eigenvalue weighted by atomic mass is 32.1. The number of ketones is 1. The monoisotopic (exact) mass is 147 g/mol. The van der Waals surface area contributed by atoms with Gasteiger partial charge >= 0.3 is 0 Å². The third-order valence-corrected chi connectivity index (χ3v) is 1.66. The highest BCUT2D eigenvalue weighted by Gasteiger charge is 2.22. The number of thiol groups is 1. The van der Waals surface area contributed by atoms with E-state index in [4.69, 9.17) is 5.73 Å². The molecule has 0 radical (unpaired) electrons. The molecule has 0 spiro atoms. The van der Waals surface area contributed by atoms with Crippen LogP contribution in [0.4, 0.5) is 0 Å². The van der Waals surface area contributed by atoms with Crippen LogP contribution in [0.5, 0.6) is 0 Å². The molecule has 0 saturated carbocycles. The summed E-state index contributed by atoms with van der Waals surface area (Å²) in [4.78, 5) is 10.7. The van der Waals surface area contributed by atoms with E-state index in [1.54, 1.807) is 6.92 Å². The molecule has 0 aromatic carbocycles. The maximum Gasteiger partial charge on any atom is 0.149 e. The van der Waals surface area contributed by atoms with Gasteiger partial charge in [0.1, 0.15) is 5.78 Å². The molecule has 54 valence electrons. The summed E-state index contributed by atoms with van der Waals surface area (Å²) in [6.07, 6.45) is 0.644. The molecule has 0 amide bonds. The number of rotatable bonds is 3. The number of hydrogen-bond acceptors (Lipinski definition) is 3. The molecule has 0 aliphatic heterocycles. The molecule has 0 heterocycles. The average molecular weight is 147 g/mol. The van der Waals surface area contributed by atoms with Crippen LogP contribution >= 0.6 is 12.6 Å². The molecule has 0 fully saturated rings. The van der Waals surface area contributed by atoms with Gasteiger partial charge in [-0.15, -0.1) is 0 Å². The highest BCUT2D eigenvalue weighted by Crippen LogP contribution is 2.06. The maximum atomic E-state index is 10.7. The second kappa shape index (κ2) is 3.22. The van der Waals surface area contributed by atoms with Crippen molar-refractivity contribution < 1.29 is 4.79 Å². The van der Waals surface area contributed by atoms with Crippen molar-refractivity contribution in [1.82, 2.24) is 0 Å². The van der Waals surface area contributed by atoms with Crippen molar-refractivity contribution in [2.75, 3.05) is 5.75 Å². The lowest BCUT2D eigenvalue weighted by Gasteiger charge is -2.18. The number of carbonyl (C=O) groups excluding carboxylic acids is 1. The Labute approximate surface area is 61.2 Å². The fraction of sp³-hybridized carbons (Fsp3) is 0.833. The molecule has 3 heteroatoms. The number of Topliss-reactive ketones (excluding diaryl/α,β-unsaturated/α-hetero) is 1. The predicted molar refractivity (Wildman–Crippen MR) is 41.7 cm³/mol. The fourth-order valence-electron chi connectivity index (χ4n) is 0.408. The molecule has 0 bridgehead atoms. The van der Waals surface area contributed by atoms with Crippen molar-refractivity contribution in [2.45, 2.75) is 25.8 Å². The van der Waals surface area contributed by atoms with Gasteiger partial charge in [0.2, 0.25) is 0 Å². The quantitative estimate of drug-likeness (QED) is 0.574. The van der Waals surface area contributed by atoms with Crippen LogP contribution in [0.25, 0.3) is 0 Å². The van der Waals surface area contributed by atoms with Crippen molar-refractivity contribution in [3.8, 4) is 0 Å². The fourth-order valence-corrected chi connectivity index (χ4v) is 0.873. The van der Waals surface area contributed by atoms with Gasteiger partial charge in [-0.1, -0.05) is 0 Å². The predicted octanol–water partition coefficient (Wildman–Crippen LogP) is 0.613. The molecule has 9 heavy (non-hydrogen) atoms. The van der Waals surface area contributed by atoms with Gasteiger partial charge in [-0.05, 0) is 26.0 Å². The summed E-state index contributed by atoms with van der Waals surface area (Å²) < 4.78 is 0. The van der Waals surface area contributed by atoms with Gasteiger partial charge in [0.25, 0.3) is 0 Å². The summed E-state index contributed by atoms with van der Waals surface area (Å²) >= 11 is 3.98. The summed E-state index contributed by atoms with van der Waals surface area (Å²) in [5, 5.41) is 0. The largest absolute Gasteiger partial charge is 0.319 e. The van der Waals surface area contributed by atoms with E-state index in [1.165, 1.54) is 6.92 Å². The Morgan fingerprint density at radius 3 is 2.33 bits per heavy atom. The normalized spacial score (nSPS) is 16.9. The molecular weight excluding hydrogens is 134 g/mol. The second-order valence-corrected chi connectivity index (χ2v) is 2.89. The Bertz CT molecular complexity index is 112. The van der Waals surface area contributed by atoms with Gasteiger partial charge in [-0.25, -0.2) is 0 Å². The Hall–Kier alpha value is -0.0200. The smallest absolute Gasteiger partial charge is 0.149 e. The van der Waals surface area contributed by atoms with Crippen molar-refractivity contribution >= 4 is 18.4 Å². The zero-order valence-electron chi connectivity index (χ0n) is 5.85. The third-order valence-electron chi connectivity index (χ3n) is 1.44. The van der Waals surface area contributed by atoms with Crippen LogP contribution in [0.15, 0.2) is 0 Å². The van der Waals surface area contributed by atoms with Gasteiger partial charge in [0.05, 0.1) is 5.54 Å². The summed E-state index contributed by atoms with van der Waals surface area (Å²) in [6, 6.07) is 0. The molecule has 1 atom stereocenters.